The lowest BCUT2D eigenvalue weighted by Gasteiger charge is -2.29. The van der Waals surface area contributed by atoms with Gasteiger partial charge in [0, 0.05) is 26.1 Å². The Morgan fingerprint density at radius 2 is 2.18 bits per heavy atom. The van der Waals surface area contributed by atoms with Crippen LogP contribution >= 0.6 is 0 Å². The van der Waals surface area contributed by atoms with E-state index in [9.17, 15) is 9.59 Å². The third-order valence-corrected chi connectivity index (χ3v) is 3.60. The molecule has 2 amide bonds. The van der Waals surface area contributed by atoms with Gasteiger partial charge in [0.1, 0.15) is 0 Å². The molecule has 1 atom stereocenters. The van der Waals surface area contributed by atoms with Crippen LogP contribution in [0, 0.1) is 11.8 Å². The van der Waals surface area contributed by atoms with Gasteiger partial charge in [0.05, 0.1) is 5.92 Å². The van der Waals surface area contributed by atoms with Gasteiger partial charge in [-0.05, 0) is 31.6 Å². The Morgan fingerprint density at radius 1 is 1.41 bits per heavy atom. The van der Waals surface area contributed by atoms with Gasteiger partial charge >= 0.3 is 0 Å². The van der Waals surface area contributed by atoms with Gasteiger partial charge in [-0.2, -0.15) is 0 Å². The van der Waals surface area contributed by atoms with Crippen molar-refractivity contribution in [2.24, 2.45) is 11.8 Å². The van der Waals surface area contributed by atoms with Crippen molar-refractivity contribution in [1.29, 1.82) is 0 Å². The quantitative estimate of drug-likeness (QED) is 0.781. The summed E-state index contributed by atoms with van der Waals surface area (Å²) in [6.45, 7) is 4.43. The third kappa shape index (κ3) is 3.45. The third-order valence-electron chi connectivity index (χ3n) is 3.60. The monoisotopic (exact) mass is 238 g/mol. The molecule has 2 rings (SSSR count). The average Bonchev–Trinajstić information content (AvgIpc) is 3.13. The highest BCUT2D eigenvalue weighted by atomic mass is 16.2. The van der Waals surface area contributed by atoms with Crippen LogP contribution < -0.4 is 5.32 Å². The van der Waals surface area contributed by atoms with Crippen LogP contribution in [-0.4, -0.2) is 36.3 Å². The Morgan fingerprint density at radius 3 is 2.71 bits per heavy atom. The van der Waals surface area contributed by atoms with Crippen molar-refractivity contribution >= 4 is 11.8 Å². The summed E-state index contributed by atoms with van der Waals surface area (Å²) >= 11 is 0. The molecule has 2 aliphatic rings. The zero-order valence-electron chi connectivity index (χ0n) is 10.6. The molecule has 1 aliphatic heterocycles. The maximum absolute atomic E-state index is 12.3. The summed E-state index contributed by atoms with van der Waals surface area (Å²) in [4.78, 5) is 25.4. The highest BCUT2D eigenvalue weighted by molar-refractivity contribution is 5.83. The van der Waals surface area contributed by atoms with Crippen molar-refractivity contribution in [1.82, 2.24) is 10.2 Å². The van der Waals surface area contributed by atoms with Gasteiger partial charge in [0.2, 0.25) is 11.8 Å². The van der Waals surface area contributed by atoms with E-state index in [4.69, 9.17) is 0 Å². The number of carbonyl (C=O) groups is 2. The predicted molar refractivity (Wildman–Crippen MR) is 65.3 cm³/mol. The van der Waals surface area contributed by atoms with E-state index in [1.807, 2.05) is 4.90 Å². The van der Waals surface area contributed by atoms with Crippen LogP contribution in [-0.2, 0) is 9.59 Å². The zero-order chi connectivity index (χ0) is 12.3. The molecule has 2 fully saturated rings. The molecule has 4 nitrogen and oxygen atoms in total. The van der Waals surface area contributed by atoms with E-state index in [1.54, 1.807) is 0 Å². The molecule has 0 aromatic rings. The lowest BCUT2D eigenvalue weighted by atomic mass is 9.97. The van der Waals surface area contributed by atoms with E-state index in [1.165, 1.54) is 12.8 Å². The molecular weight excluding hydrogens is 216 g/mol. The number of nitrogens with zero attached hydrogens (tertiary/aromatic N) is 1. The first-order valence-corrected chi connectivity index (χ1v) is 6.76. The number of hydrogen-bond acceptors (Lipinski definition) is 2. The van der Waals surface area contributed by atoms with E-state index in [-0.39, 0.29) is 17.7 Å². The molecule has 0 radical (unpaired) electrons. The number of amides is 2. The minimum atomic E-state index is 0.0120. The second-order valence-corrected chi connectivity index (χ2v) is 5.27. The Kier molecular flexibility index (Phi) is 4.02. The summed E-state index contributed by atoms with van der Waals surface area (Å²) in [7, 11) is 0. The van der Waals surface area contributed by atoms with Crippen molar-refractivity contribution < 1.29 is 9.59 Å². The summed E-state index contributed by atoms with van der Waals surface area (Å²) in [5.74, 6) is 1.08. The van der Waals surface area contributed by atoms with Crippen LogP contribution in [0.3, 0.4) is 0 Å². The van der Waals surface area contributed by atoms with E-state index >= 15 is 0 Å². The van der Waals surface area contributed by atoms with Crippen LogP contribution in [0.25, 0.3) is 0 Å². The smallest absolute Gasteiger partial charge is 0.227 e. The van der Waals surface area contributed by atoms with Crippen LogP contribution in [0.1, 0.15) is 39.0 Å². The fourth-order valence-corrected chi connectivity index (χ4v) is 2.38. The van der Waals surface area contributed by atoms with Gasteiger partial charge in [0.25, 0.3) is 0 Å². The lowest BCUT2D eigenvalue weighted by Crippen LogP contribution is -2.45. The minimum absolute atomic E-state index is 0.0120. The molecule has 1 heterocycles. The molecule has 0 bridgehead atoms. The van der Waals surface area contributed by atoms with E-state index < -0.39 is 0 Å². The molecule has 1 N–H and O–H groups in total. The fourth-order valence-electron chi connectivity index (χ4n) is 2.38. The van der Waals surface area contributed by atoms with E-state index in [0.717, 1.165) is 31.8 Å². The number of rotatable bonds is 5. The normalized spacial score (nSPS) is 24.3. The summed E-state index contributed by atoms with van der Waals surface area (Å²) in [5, 5.41) is 2.79. The van der Waals surface area contributed by atoms with Gasteiger partial charge in [-0.25, -0.2) is 0 Å². The first kappa shape index (κ1) is 12.4. The number of nitrogens with one attached hydrogen (secondary N) is 1. The van der Waals surface area contributed by atoms with Crippen LogP contribution in [0.4, 0.5) is 0 Å². The Hall–Kier alpha value is -1.06. The Labute approximate surface area is 103 Å². The standard InChI is InChI=1S/C13H22N2O2/c1-2-7-15(9-10-3-4-10)13(17)11-5-6-12(16)14-8-11/h10-11H,2-9H2,1H3,(H,14,16). The highest BCUT2D eigenvalue weighted by Crippen LogP contribution is 2.30. The zero-order valence-corrected chi connectivity index (χ0v) is 10.6. The second-order valence-electron chi connectivity index (χ2n) is 5.27. The summed E-state index contributed by atoms with van der Waals surface area (Å²) in [5.41, 5.74) is 0. The molecule has 1 aliphatic carbocycles. The van der Waals surface area contributed by atoms with Crippen molar-refractivity contribution in [3.63, 3.8) is 0 Å². The second kappa shape index (κ2) is 5.52. The first-order valence-electron chi connectivity index (χ1n) is 6.76. The SMILES string of the molecule is CCCN(CC1CC1)C(=O)C1CCC(=O)NC1. The number of piperidine rings is 1. The van der Waals surface area contributed by atoms with E-state index in [2.05, 4.69) is 12.2 Å². The largest absolute Gasteiger partial charge is 0.355 e. The first-order chi connectivity index (χ1) is 8.20. The average molecular weight is 238 g/mol. The van der Waals surface area contributed by atoms with Crippen molar-refractivity contribution in [3.05, 3.63) is 0 Å². The maximum atomic E-state index is 12.3. The maximum Gasteiger partial charge on any atom is 0.227 e. The molecule has 1 unspecified atom stereocenters. The van der Waals surface area contributed by atoms with Crippen molar-refractivity contribution in [2.75, 3.05) is 19.6 Å². The summed E-state index contributed by atoms with van der Waals surface area (Å²) in [6.07, 6.45) is 4.77. The molecule has 0 aromatic carbocycles. The van der Waals surface area contributed by atoms with Gasteiger partial charge in [-0.3, -0.25) is 9.59 Å². The summed E-state index contributed by atoms with van der Waals surface area (Å²) in [6, 6.07) is 0. The van der Waals surface area contributed by atoms with Gasteiger partial charge in [-0.15, -0.1) is 0 Å². The lowest BCUT2D eigenvalue weighted by molar-refractivity contribution is -0.137. The molecule has 4 heteroatoms. The van der Waals surface area contributed by atoms with Gasteiger partial charge in [0.15, 0.2) is 0 Å². The van der Waals surface area contributed by atoms with Crippen molar-refractivity contribution in [3.8, 4) is 0 Å². The molecule has 96 valence electrons. The van der Waals surface area contributed by atoms with Gasteiger partial charge in [-0.1, -0.05) is 6.92 Å². The summed E-state index contributed by atoms with van der Waals surface area (Å²) < 4.78 is 0. The fraction of sp³-hybridized carbons (Fsp3) is 0.846. The van der Waals surface area contributed by atoms with Crippen LogP contribution in [0.5, 0.6) is 0 Å². The van der Waals surface area contributed by atoms with Crippen LogP contribution in [0.2, 0.25) is 0 Å². The minimum Gasteiger partial charge on any atom is -0.355 e. The Balaban J connectivity index is 1.87. The predicted octanol–water partition coefficient (Wildman–Crippen LogP) is 1.16. The molecule has 0 spiro atoms. The molecule has 17 heavy (non-hydrogen) atoms. The molecule has 1 saturated heterocycles. The molecular formula is C13H22N2O2. The molecule has 0 aromatic heterocycles. The van der Waals surface area contributed by atoms with E-state index in [0.29, 0.717) is 13.0 Å². The highest BCUT2D eigenvalue weighted by Gasteiger charge is 2.31. The topological polar surface area (TPSA) is 49.4 Å². The molecule has 1 saturated carbocycles. The number of carbonyl (C=O) groups excluding carboxylic acids is 2. The van der Waals surface area contributed by atoms with Crippen LogP contribution in [0.15, 0.2) is 0 Å². The van der Waals surface area contributed by atoms with Crippen molar-refractivity contribution in [2.45, 2.75) is 39.0 Å². The Bertz CT molecular complexity index is 290. The number of hydrogen-bond donors (Lipinski definition) is 1. The van der Waals surface area contributed by atoms with Gasteiger partial charge < -0.3 is 10.2 Å².